The van der Waals surface area contributed by atoms with E-state index in [1.807, 2.05) is 0 Å². The summed E-state index contributed by atoms with van der Waals surface area (Å²) in [5, 5.41) is 20.4. The molecule has 0 bridgehead atoms. The third-order valence-corrected chi connectivity index (χ3v) is 4.53. The minimum absolute atomic E-state index is 0.0436. The average Bonchev–Trinajstić information content (AvgIpc) is 2.85. The Hall–Kier alpha value is -1.84. The zero-order valence-corrected chi connectivity index (χ0v) is 15.1. The number of carbonyl (C=O) groups excluding carboxylic acids is 1. The monoisotopic (exact) mass is 393 g/mol. The number of nitro groups is 1. The van der Waals surface area contributed by atoms with E-state index in [9.17, 15) is 28.8 Å². The molecule has 2 rings (SSSR count). The van der Waals surface area contributed by atoms with Crippen molar-refractivity contribution in [2.75, 3.05) is 13.2 Å². The van der Waals surface area contributed by atoms with Crippen LogP contribution in [0.25, 0.3) is 0 Å². The molecule has 0 amide bonds. The Labute approximate surface area is 153 Å². The van der Waals surface area contributed by atoms with Crippen molar-refractivity contribution >= 4 is 17.6 Å². The van der Waals surface area contributed by atoms with Crippen molar-refractivity contribution in [2.24, 2.45) is 0 Å². The first-order valence-electron chi connectivity index (χ1n) is 7.74. The zero-order valence-electron chi connectivity index (χ0n) is 14.3. The molecule has 0 aromatic heterocycles. The maximum Gasteiger partial charge on any atom is 0.303 e. The van der Waals surface area contributed by atoms with Gasteiger partial charge in [-0.1, -0.05) is 11.6 Å². The molecule has 10 heteroatoms. The summed E-state index contributed by atoms with van der Waals surface area (Å²) < 4.78 is 39.7. The van der Waals surface area contributed by atoms with E-state index in [1.165, 1.54) is 13.8 Å². The van der Waals surface area contributed by atoms with Gasteiger partial charge in [-0.05, 0) is 19.9 Å². The zero-order chi connectivity index (χ0) is 19.9. The molecule has 2 unspecified atom stereocenters. The van der Waals surface area contributed by atoms with Gasteiger partial charge in [0.25, 0.3) is 0 Å². The summed E-state index contributed by atoms with van der Waals surface area (Å²) in [5.41, 5.74) is -4.54. The topological polar surface area (TPSA) is 98.9 Å². The quantitative estimate of drug-likeness (QED) is 0.357. The van der Waals surface area contributed by atoms with E-state index in [0.717, 1.165) is 13.0 Å². The lowest BCUT2D eigenvalue weighted by Crippen LogP contribution is -2.46. The molecule has 1 heterocycles. The maximum absolute atomic E-state index is 14.8. The minimum Gasteiger partial charge on any atom is -0.459 e. The van der Waals surface area contributed by atoms with E-state index in [-0.39, 0.29) is 18.6 Å². The molecule has 0 saturated carbocycles. The van der Waals surface area contributed by atoms with Crippen LogP contribution in [0, 0.1) is 21.7 Å². The highest BCUT2D eigenvalue weighted by atomic mass is 35.5. The van der Waals surface area contributed by atoms with E-state index >= 15 is 0 Å². The number of esters is 1. The van der Waals surface area contributed by atoms with Crippen molar-refractivity contribution in [3.05, 3.63) is 44.0 Å². The smallest absolute Gasteiger partial charge is 0.303 e. The van der Waals surface area contributed by atoms with Crippen LogP contribution in [-0.2, 0) is 25.5 Å². The number of halogens is 3. The fourth-order valence-corrected chi connectivity index (χ4v) is 3.26. The van der Waals surface area contributed by atoms with Crippen LogP contribution in [0.1, 0.15) is 38.3 Å². The highest BCUT2D eigenvalue weighted by Gasteiger charge is 2.54. The third-order valence-electron chi connectivity index (χ3n) is 4.19. The number of nitrogens with zero attached hydrogens (tertiary/aromatic N) is 1. The maximum atomic E-state index is 14.8. The van der Waals surface area contributed by atoms with E-state index in [4.69, 9.17) is 21.1 Å². The van der Waals surface area contributed by atoms with Gasteiger partial charge in [-0.3, -0.25) is 14.9 Å². The molecule has 1 aliphatic rings. The Kier molecular flexibility index (Phi) is 5.55. The number of ether oxygens (including phenoxy) is 2. The summed E-state index contributed by atoms with van der Waals surface area (Å²) in [6.07, 6.45) is -1.09. The number of carbonyl (C=O) groups is 1. The van der Waals surface area contributed by atoms with Crippen molar-refractivity contribution in [3.8, 4) is 0 Å². The molecule has 1 aromatic rings. The van der Waals surface area contributed by atoms with Gasteiger partial charge in [-0.2, -0.15) is 0 Å². The Morgan fingerprint density at radius 1 is 1.54 bits per heavy atom. The first-order valence-corrected chi connectivity index (χ1v) is 8.11. The number of aliphatic hydroxyl groups is 1. The van der Waals surface area contributed by atoms with Crippen LogP contribution in [-0.4, -0.2) is 35.3 Å². The van der Waals surface area contributed by atoms with E-state index in [0.29, 0.717) is 0 Å². The van der Waals surface area contributed by atoms with Crippen LogP contribution in [0.5, 0.6) is 0 Å². The fraction of sp³-hybridized carbons (Fsp3) is 0.562. The molecule has 1 fully saturated rings. The molecule has 144 valence electrons. The Balaban J connectivity index is 2.75. The van der Waals surface area contributed by atoms with Gasteiger partial charge in [0.1, 0.15) is 11.1 Å². The van der Waals surface area contributed by atoms with Crippen LogP contribution in [0.2, 0.25) is 5.02 Å². The summed E-state index contributed by atoms with van der Waals surface area (Å²) in [6.45, 7) is 2.63. The molecule has 0 spiro atoms. The van der Waals surface area contributed by atoms with Gasteiger partial charge in [-0.15, -0.1) is 0 Å². The summed E-state index contributed by atoms with van der Waals surface area (Å²) in [4.78, 5) is 21.8. The van der Waals surface area contributed by atoms with Crippen molar-refractivity contribution in [1.82, 2.24) is 0 Å². The second-order valence-corrected chi connectivity index (χ2v) is 6.97. The molecule has 0 aliphatic carbocycles. The normalized spacial score (nSPS) is 23.1. The minimum atomic E-state index is -1.99. The largest absolute Gasteiger partial charge is 0.459 e. The standard InChI is InChI=1S/C16H18ClF2NO6/c1-8(21)26-11-4-5-25-16(11,7-20(23)24)10-6-9(15(2,3)22)13(18)12(17)14(10)19/h6,11,22H,4-5,7H2,1-3H3. The summed E-state index contributed by atoms with van der Waals surface area (Å²) in [7, 11) is 0. The molecule has 2 atom stereocenters. The Morgan fingerprint density at radius 3 is 2.65 bits per heavy atom. The van der Waals surface area contributed by atoms with Gasteiger partial charge in [-0.25, -0.2) is 8.78 Å². The Morgan fingerprint density at radius 2 is 2.15 bits per heavy atom. The van der Waals surface area contributed by atoms with Gasteiger partial charge in [0.2, 0.25) is 6.54 Å². The predicted molar refractivity (Wildman–Crippen MR) is 86.3 cm³/mol. The van der Waals surface area contributed by atoms with Crippen LogP contribution in [0.4, 0.5) is 8.78 Å². The van der Waals surface area contributed by atoms with Crippen molar-refractivity contribution in [3.63, 3.8) is 0 Å². The molecule has 1 aromatic carbocycles. The fourth-order valence-electron chi connectivity index (χ4n) is 3.06. The highest BCUT2D eigenvalue weighted by molar-refractivity contribution is 6.31. The Bertz CT molecular complexity index is 751. The van der Waals surface area contributed by atoms with Gasteiger partial charge in [0.15, 0.2) is 17.2 Å². The molecule has 1 saturated heterocycles. The number of hydrogen-bond acceptors (Lipinski definition) is 6. The highest BCUT2D eigenvalue weighted by Crippen LogP contribution is 2.44. The first kappa shape index (κ1) is 20.5. The third kappa shape index (κ3) is 3.65. The average molecular weight is 394 g/mol. The van der Waals surface area contributed by atoms with E-state index in [1.54, 1.807) is 0 Å². The summed E-state index contributed by atoms with van der Waals surface area (Å²) >= 11 is 5.73. The summed E-state index contributed by atoms with van der Waals surface area (Å²) in [5.74, 6) is -3.18. The second kappa shape index (κ2) is 7.05. The summed E-state index contributed by atoms with van der Waals surface area (Å²) in [6, 6.07) is 0.932. The van der Waals surface area contributed by atoms with Gasteiger partial charge in [0, 0.05) is 29.4 Å². The van der Waals surface area contributed by atoms with Crippen LogP contribution in [0.15, 0.2) is 6.07 Å². The van der Waals surface area contributed by atoms with Crippen LogP contribution < -0.4 is 0 Å². The molecular weight excluding hydrogens is 376 g/mol. The van der Waals surface area contributed by atoms with Crippen molar-refractivity contribution in [2.45, 2.75) is 44.5 Å². The lowest BCUT2D eigenvalue weighted by molar-refractivity contribution is -0.505. The second-order valence-electron chi connectivity index (χ2n) is 6.59. The molecule has 1 aliphatic heterocycles. The van der Waals surface area contributed by atoms with Crippen molar-refractivity contribution < 1.29 is 33.1 Å². The number of hydrogen-bond donors (Lipinski definition) is 1. The predicted octanol–water partition coefficient (Wildman–Crippen LogP) is 2.67. The van der Waals surface area contributed by atoms with Gasteiger partial charge < -0.3 is 14.6 Å². The molecule has 0 radical (unpaired) electrons. The molecule has 7 nitrogen and oxygen atoms in total. The van der Waals surface area contributed by atoms with Crippen LogP contribution in [0.3, 0.4) is 0 Å². The first-order chi connectivity index (χ1) is 11.9. The number of benzene rings is 1. The van der Waals surface area contributed by atoms with Gasteiger partial charge >= 0.3 is 5.97 Å². The molecule has 1 N–H and O–H groups in total. The lowest BCUT2D eigenvalue weighted by atomic mass is 9.84. The number of rotatable bonds is 5. The van der Waals surface area contributed by atoms with Crippen LogP contribution >= 0.6 is 11.6 Å². The van der Waals surface area contributed by atoms with Gasteiger partial charge in [0.05, 0.1) is 12.2 Å². The molecular formula is C16H18ClF2NO6. The van der Waals surface area contributed by atoms with Crippen molar-refractivity contribution in [1.29, 1.82) is 0 Å². The van der Waals surface area contributed by atoms with E-state index in [2.05, 4.69) is 0 Å². The lowest BCUT2D eigenvalue weighted by Gasteiger charge is -2.32. The van der Waals surface area contributed by atoms with E-state index < -0.39 is 57.0 Å². The SMILES string of the molecule is CC(=O)OC1CCOC1(C[N+](=O)[O-])c1cc(C(C)(C)O)c(F)c(Cl)c1F. The molecule has 26 heavy (non-hydrogen) atoms.